The molecule has 0 amide bonds. The van der Waals surface area contributed by atoms with Gasteiger partial charge in [0.15, 0.2) is 11.0 Å². The number of aromatic amines is 1. The Labute approximate surface area is 141 Å². The highest BCUT2D eigenvalue weighted by Gasteiger charge is 2.21. The van der Waals surface area contributed by atoms with E-state index in [1.54, 1.807) is 18.0 Å². The van der Waals surface area contributed by atoms with Crippen LogP contribution in [-0.2, 0) is 4.79 Å². The van der Waals surface area contributed by atoms with E-state index in [4.69, 9.17) is 9.84 Å². The van der Waals surface area contributed by atoms with Gasteiger partial charge in [0.25, 0.3) is 0 Å². The van der Waals surface area contributed by atoms with Gasteiger partial charge in [-0.15, -0.1) is 10.2 Å². The maximum Gasteiger partial charge on any atom is 0.313 e. The molecule has 0 fully saturated rings. The Morgan fingerprint density at radius 2 is 2.17 bits per heavy atom. The number of benzene rings is 1. The van der Waals surface area contributed by atoms with E-state index in [0.717, 1.165) is 23.1 Å². The van der Waals surface area contributed by atoms with Crippen LogP contribution in [0.25, 0.3) is 17.2 Å². The van der Waals surface area contributed by atoms with E-state index in [1.807, 2.05) is 31.2 Å². The third-order valence-corrected chi connectivity index (χ3v) is 4.24. The molecule has 0 saturated carbocycles. The molecule has 8 nitrogen and oxygen atoms in total. The summed E-state index contributed by atoms with van der Waals surface area (Å²) in [6.07, 6.45) is 1.58. The second-order valence-electron chi connectivity index (χ2n) is 4.87. The van der Waals surface area contributed by atoms with Gasteiger partial charge in [0, 0.05) is 5.69 Å². The molecule has 3 rings (SSSR count). The van der Waals surface area contributed by atoms with Gasteiger partial charge < -0.3 is 14.8 Å². The normalized spacial score (nSPS) is 10.8. The van der Waals surface area contributed by atoms with Gasteiger partial charge >= 0.3 is 5.97 Å². The number of H-pyrrole nitrogens is 1. The lowest BCUT2D eigenvalue weighted by Gasteiger charge is -2.13. The minimum atomic E-state index is -0.924. The molecule has 2 aromatic heterocycles. The Morgan fingerprint density at radius 3 is 2.83 bits per heavy atom. The molecule has 0 aliphatic rings. The minimum absolute atomic E-state index is 0.118. The van der Waals surface area contributed by atoms with Crippen molar-refractivity contribution in [1.82, 2.24) is 24.7 Å². The fourth-order valence-electron chi connectivity index (χ4n) is 2.26. The van der Waals surface area contributed by atoms with Crippen molar-refractivity contribution >= 4 is 17.7 Å². The zero-order valence-electron chi connectivity index (χ0n) is 13.1. The zero-order chi connectivity index (χ0) is 17.1. The quantitative estimate of drug-likeness (QED) is 0.659. The molecule has 0 aliphatic carbocycles. The smallest absolute Gasteiger partial charge is 0.313 e. The molecule has 1 aromatic carbocycles. The van der Waals surface area contributed by atoms with Crippen molar-refractivity contribution < 1.29 is 14.6 Å². The predicted molar refractivity (Wildman–Crippen MR) is 88.6 cm³/mol. The van der Waals surface area contributed by atoms with Crippen LogP contribution < -0.4 is 4.74 Å². The van der Waals surface area contributed by atoms with Crippen molar-refractivity contribution in [3.05, 3.63) is 36.3 Å². The van der Waals surface area contributed by atoms with E-state index in [9.17, 15) is 4.79 Å². The number of carboxylic acid groups (broad SMARTS) is 1. The maximum absolute atomic E-state index is 10.9. The highest BCUT2D eigenvalue weighted by Crippen LogP contribution is 2.32. The third-order valence-electron chi connectivity index (χ3n) is 3.33. The van der Waals surface area contributed by atoms with Crippen LogP contribution in [0.5, 0.6) is 5.75 Å². The van der Waals surface area contributed by atoms with Crippen LogP contribution in [-0.4, -0.2) is 48.7 Å². The number of nitrogens with zero attached hydrogens (tertiary/aromatic N) is 4. The van der Waals surface area contributed by atoms with Gasteiger partial charge in [-0.2, -0.15) is 0 Å². The Morgan fingerprint density at radius 1 is 1.38 bits per heavy atom. The molecule has 124 valence electrons. The van der Waals surface area contributed by atoms with Crippen molar-refractivity contribution in [3.8, 4) is 23.0 Å². The Bertz CT molecular complexity index is 874. The highest BCUT2D eigenvalue weighted by atomic mass is 32.2. The van der Waals surface area contributed by atoms with Gasteiger partial charge in [-0.25, -0.2) is 4.98 Å². The van der Waals surface area contributed by atoms with Crippen molar-refractivity contribution in [3.63, 3.8) is 0 Å². The topological polar surface area (TPSA) is 106 Å². The molecule has 2 N–H and O–H groups in total. The maximum atomic E-state index is 10.9. The molecule has 2 heterocycles. The highest BCUT2D eigenvalue weighted by molar-refractivity contribution is 7.99. The molecule has 3 aromatic rings. The van der Waals surface area contributed by atoms with Gasteiger partial charge in [0.05, 0.1) is 24.9 Å². The van der Waals surface area contributed by atoms with Gasteiger partial charge in [0.1, 0.15) is 11.4 Å². The molecular weight excluding hydrogens is 330 g/mol. The predicted octanol–water partition coefficient (Wildman–Crippen LogP) is 2.15. The molecular formula is C15H15N5O3S. The first kappa shape index (κ1) is 16.1. The summed E-state index contributed by atoms with van der Waals surface area (Å²) >= 11 is 1.09. The minimum Gasteiger partial charge on any atom is -0.495 e. The van der Waals surface area contributed by atoms with Crippen LogP contribution in [0.15, 0.2) is 35.7 Å². The molecule has 0 bridgehead atoms. The first-order valence-electron chi connectivity index (χ1n) is 7.05. The fraction of sp³-hybridized carbons (Fsp3) is 0.200. The second kappa shape index (κ2) is 6.75. The number of imidazole rings is 1. The number of aliphatic carboxylic acids is 1. The molecule has 0 spiro atoms. The molecule has 9 heteroatoms. The largest absolute Gasteiger partial charge is 0.495 e. The van der Waals surface area contributed by atoms with Crippen molar-refractivity contribution in [2.45, 2.75) is 12.1 Å². The van der Waals surface area contributed by atoms with E-state index < -0.39 is 5.97 Å². The zero-order valence-corrected chi connectivity index (χ0v) is 13.9. The Hall–Kier alpha value is -2.81. The number of nitrogens with one attached hydrogen (secondary N) is 1. The van der Waals surface area contributed by atoms with E-state index >= 15 is 0 Å². The summed E-state index contributed by atoms with van der Waals surface area (Å²) < 4.78 is 7.18. The summed E-state index contributed by atoms with van der Waals surface area (Å²) in [4.78, 5) is 18.2. The summed E-state index contributed by atoms with van der Waals surface area (Å²) in [6.45, 7) is 1.88. The lowest BCUT2D eigenvalue weighted by atomic mass is 10.2. The number of ether oxygens (including phenoxy) is 1. The number of aromatic nitrogens is 5. The number of carboxylic acids is 1. The third kappa shape index (κ3) is 2.98. The summed E-state index contributed by atoms with van der Waals surface area (Å²) in [6, 6.07) is 7.40. The first-order chi connectivity index (χ1) is 11.6. The van der Waals surface area contributed by atoms with E-state index in [2.05, 4.69) is 20.2 Å². The number of thioether (sulfide) groups is 1. The fourth-order valence-corrected chi connectivity index (χ4v) is 2.92. The summed E-state index contributed by atoms with van der Waals surface area (Å²) in [5.74, 6) is 0.106. The number of carbonyl (C=O) groups is 1. The van der Waals surface area contributed by atoms with Crippen LogP contribution >= 0.6 is 11.8 Å². The van der Waals surface area contributed by atoms with Crippen molar-refractivity contribution in [1.29, 1.82) is 0 Å². The molecule has 24 heavy (non-hydrogen) atoms. The lowest BCUT2D eigenvalue weighted by molar-refractivity contribution is -0.133. The van der Waals surface area contributed by atoms with Crippen LogP contribution in [0, 0.1) is 6.92 Å². The monoisotopic (exact) mass is 345 g/mol. The molecule has 0 saturated heterocycles. The van der Waals surface area contributed by atoms with Crippen LogP contribution in [0.4, 0.5) is 0 Å². The van der Waals surface area contributed by atoms with E-state index in [1.165, 1.54) is 0 Å². The number of para-hydroxylation sites is 2. The summed E-state index contributed by atoms with van der Waals surface area (Å²) in [7, 11) is 1.58. The Balaban J connectivity index is 2.18. The van der Waals surface area contributed by atoms with Crippen LogP contribution in [0.2, 0.25) is 0 Å². The first-order valence-corrected chi connectivity index (χ1v) is 8.04. The Kier molecular flexibility index (Phi) is 4.52. The average Bonchev–Trinajstić information content (AvgIpc) is 3.18. The number of aryl methyl sites for hydroxylation is 1. The standard InChI is InChI=1S/C15H15N5O3S/c1-9-13(17-8-16-9)14-18-19-15(24-7-12(21)22)20(14)10-5-3-4-6-11(10)23-2/h3-6,8H,7H2,1-2H3,(H,16,17)(H,21,22). The number of hydrogen-bond donors (Lipinski definition) is 2. The second-order valence-corrected chi connectivity index (χ2v) is 5.81. The average molecular weight is 345 g/mol. The molecule has 0 radical (unpaired) electrons. The van der Waals surface area contributed by atoms with E-state index in [0.29, 0.717) is 22.4 Å². The van der Waals surface area contributed by atoms with Crippen molar-refractivity contribution in [2.75, 3.05) is 12.9 Å². The van der Waals surface area contributed by atoms with Crippen molar-refractivity contribution in [2.24, 2.45) is 0 Å². The number of hydrogen-bond acceptors (Lipinski definition) is 6. The molecule has 0 aliphatic heterocycles. The SMILES string of the molecule is COc1ccccc1-n1c(SCC(=O)O)nnc1-c1nc[nH]c1C. The number of methoxy groups -OCH3 is 1. The molecule has 0 unspecified atom stereocenters. The molecule has 0 atom stereocenters. The van der Waals surface area contributed by atoms with Gasteiger partial charge in [-0.05, 0) is 19.1 Å². The summed E-state index contributed by atoms with van der Waals surface area (Å²) in [5, 5.41) is 17.8. The van der Waals surface area contributed by atoms with Gasteiger partial charge in [-0.3, -0.25) is 9.36 Å². The number of rotatable bonds is 6. The van der Waals surface area contributed by atoms with Gasteiger partial charge in [-0.1, -0.05) is 23.9 Å². The summed E-state index contributed by atoms with van der Waals surface area (Å²) in [5.41, 5.74) is 2.21. The van der Waals surface area contributed by atoms with E-state index in [-0.39, 0.29) is 5.75 Å². The van der Waals surface area contributed by atoms with Gasteiger partial charge in [0.2, 0.25) is 0 Å². The van der Waals surface area contributed by atoms with Crippen LogP contribution in [0.1, 0.15) is 5.69 Å². The van der Waals surface area contributed by atoms with Crippen LogP contribution in [0.3, 0.4) is 0 Å². The lowest BCUT2D eigenvalue weighted by Crippen LogP contribution is -2.05.